The SMILES string of the molecule is CN(CCC#N)C(=O)CCN(C)C(C)(C)CO. The normalized spacial score (nSPS) is 11.4. The Morgan fingerprint density at radius 3 is 2.41 bits per heavy atom. The zero-order valence-electron chi connectivity index (χ0n) is 11.2. The van der Waals surface area contributed by atoms with Crippen LogP contribution < -0.4 is 0 Å². The molecular formula is C12H23N3O2. The summed E-state index contributed by atoms with van der Waals surface area (Å²) >= 11 is 0. The zero-order chi connectivity index (χ0) is 13.5. The molecule has 98 valence electrons. The van der Waals surface area contributed by atoms with Gasteiger partial charge in [-0.1, -0.05) is 0 Å². The van der Waals surface area contributed by atoms with Gasteiger partial charge in [-0.05, 0) is 20.9 Å². The van der Waals surface area contributed by atoms with Gasteiger partial charge in [0.2, 0.25) is 5.91 Å². The van der Waals surface area contributed by atoms with Gasteiger partial charge in [-0.3, -0.25) is 9.69 Å². The minimum Gasteiger partial charge on any atom is -0.394 e. The first kappa shape index (κ1) is 15.9. The van der Waals surface area contributed by atoms with Gasteiger partial charge in [0, 0.05) is 32.1 Å². The standard InChI is InChI=1S/C12H23N3O2/c1-12(2,10-16)15(4)9-6-11(17)14(3)8-5-7-13/h16H,5-6,8-10H2,1-4H3. The van der Waals surface area contributed by atoms with Gasteiger partial charge in [0.15, 0.2) is 0 Å². The number of aliphatic hydroxyl groups excluding tert-OH is 1. The van der Waals surface area contributed by atoms with Crippen molar-refractivity contribution in [3.05, 3.63) is 0 Å². The summed E-state index contributed by atoms with van der Waals surface area (Å²) in [5.74, 6) is 0.0286. The number of carbonyl (C=O) groups excluding carboxylic acids is 1. The van der Waals surface area contributed by atoms with Crippen molar-refractivity contribution in [3.8, 4) is 6.07 Å². The number of hydrogen-bond acceptors (Lipinski definition) is 4. The van der Waals surface area contributed by atoms with E-state index in [1.54, 1.807) is 11.9 Å². The highest BCUT2D eigenvalue weighted by Crippen LogP contribution is 2.11. The average Bonchev–Trinajstić information content (AvgIpc) is 2.32. The highest BCUT2D eigenvalue weighted by Gasteiger charge is 2.22. The molecule has 0 unspecified atom stereocenters. The van der Waals surface area contributed by atoms with Gasteiger partial charge in [-0.25, -0.2) is 0 Å². The molecule has 5 heteroatoms. The summed E-state index contributed by atoms with van der Waals surface area (Å²) < 4.78 is 0. The molecule has 5 nitrogen and oxygen atoms in total. The first-order chi connectivity index (χ1) is 7.85. The van der Waals surface area contributed by atoms with E-state index in [9.17, 15) is 9.90 Å². The quantitative estimate of drug-likeness (QED) is 0.703. The summed E-state index contributed by atoms with van der Waals surface area (Å²) in [6.07, 6.45) is 0.766. The van der Waals surface area contributed by atoms with Crippen molar-refractivity contribution in [3.63, 3.8) is 0 Å². The lowest BCUT2D eigenvalue weighted by molar-refractivity contribution is -0.130. The summed E-state index contributed by atoms with van der Waals surface area (Å²) in [5.41, 5.74) is -0.314. The lowest BCUT2D eigenvalue weighted by atomic mass is 10.1. The Hall–Kier alpha value is -1.12. The Morgan fingerprint density at radius 2 is 1.94 bits per heavy atom. The zero-order valence-corrected chi connectivity index (χ0v) is 11.2. The van der Waals surface area contributed by atoms with Crippen LogP contribution in [0.2, 0.25) is 0 Å². The van der Waals surface area contributed by atoms with Gasteiger partial charge in [-0.15, -0.1) is 0 Å². The number of likely N-dealkylation sites (N-methyl/N-ethyl adjacent to an activating group) is 1. The van der Waals surface area contributed by atoms with Crippen molar-refractivity contribution in [1.82, 2.24) is 9.80 Å². The van der Waals surface area contributed by atoms with Crippen LogP contribution in [0.15, 0.2) is 0 Å². The molecule has 0 aliphatic rings. The van der Waals surface area contributed by atoms with E-state index in [0.29, 0.717) is 25.9 Å². The summed E-state index contributed by atoms with van der Waals surface area (Å²) in [6.45, 7) is 4.99. The maximum Gasteiger partial charge on any atom is 0.223 e. The predicted octanol–water partition coefficient (Wildman–Crippen LogP) is 0.451. The molecule has 0 spiro atoms. The third-order valence-corrected chi connectivity index (χ3v) is 3.07. The molecule has 0 radical (unpaired) electrons. The molecule has 1 amide bonds. The van der Waals surface area contributed by atoms with Crippen molar-refractivity contribution in [2.45, 2.75) is 32.2 Å². The molecule has 0 heterocycles. The summed E-state index contributed by atoms with van der Waals surface area (Å²) in [4.78, 5) is 15.2. The van der Waals surface area contributed by atoms with E-state index in [4.69, 9.17) is 5.26 Å². The number of nitriles is 1. The minimum atomic E-state index is -0.314. The van der Waals surface area contributed by atoms with Crippen LogP contribution in [0.5, 0.6) is 0 Å². The van der Waals surface area contributed by atoms with E-state index in [2.05, 4.69) is 0 Å². The van der Waals surface area contributed by atoms with Crippen LogP contribution in [0, 0.1) is 11.3 Å². The van der Waals surface area contributed by atoms with Gasteiger partial charge in [-0.2, -0.15) is 5.26 Å². The molecule has 1 N–H and O–H groups in total. The monoisotopic (exact) mass is 241 g/mol. The molecule has 0 saturated heterocycles. The van der Waals surface area contributed by atoms with Crippen molar-refractivity contribution in [2.24, 2.45) is 0 Å². The first-order valence-electron chi connectivity index (χ1n) is 5.78. The molecule has 0 aromatic carbocycles. The summed E-state index contributed by atoms with van der Waals surface area (Å²) in [7, 11) is 3.59. The highest BCUT2D eigenvalue weighted by atomic mass is 16.3. The Bertz CT molecular complexity index is 284. The first-order valence-corrected chi connectivity index (χ1v) is 5.78. The van der Waals surface area contributed by atoms with Crippen LogP contribution in [-0.2, 0) is 4.79 Å². The second-order valence-electron chi connectivity index (χ2n) is 4.87. The van der Waals surface area contributed by atoms with E-state index < -0.39 is 0 Å². The molecule has 0 aliphatic carbocycles. The number of amides is 1. The Kier molecular flexibility index (Phi) is 6.78. The third-order valence-electron chi connectivity index (χ3n) is 3.07. The molecule has 0 aromatic heterocycles. The van der Waals surface area contributed by atoms with Gasteiger partial charge in [0.1, 0.15) is 0 Å². The Morgan fingerprint density at radius 1 is 1.35 bits per heavy atom. The van der Waals surface area contributed by atoms with E-state index in [1.165, 1.54) is 0 Å². The van der Waals surface area contributed by atoms with Crippen LogP contribution in [-0.4, -0.2) is 60.1 Å². The molecule has 0 atom stereocenters. The number of hydrogen-bond donors (Lipinski definition) is 1. The van der Waals surface area contributed by atoms with Crippen molar-refractivity contribution >= 4 is 5.91 Å². The summed E-state index contributed by atoms with van der Waals surface area (Å²) in [6, 6.07) is 2.01. The van der Waals surface area contributed by atoms with Crippen LogP contribution in [0.25, 0.3) is 0 Å². The molecule has 0 bridgehead atoms. The third kappa shape index (κ3) is 5.66. The smallest absolute Gasteiger partial charge is 0.223 e. The topological polar surface area (TPSA) is 67.6 Å². The van der Waals surface area contributed by atoms with Gasteiger partial charge in [0.25, 0.3) is 0 Å². The average molecular weight is 241 g/mol. The molecule has 0 aromatic rings. The Labute approximate surface area is 104 Å². The largest absolute Gasteiger partial charge is 0.394 e. The van der Waals surface area contributed by atoms with E-state index >= 15 is 0 Å². The van der Waals surface area contributed by atoms with Gasteiger partial charge >= 0.3 is 0 Å². The van der Waals surface area contributed by atoms with Crippen LogP contribution in [0.4, 0.5) is 0 Å². The number of nitrogens with zero attached hydrogens (tertiary/aromatic N) is 3. The maximum atomic E-state index is 11.7. The van der Waals surface area contributed by atoms with Crippen LogP contribution in [0.3, 0.4) is 0 Å². The highest BCUT2D eigenvalue weighted by molar-refractivity contribution is 5.76. The van der Waals surface area contributed by atoms with Gasteiger partial charge < -0.3 is 10.0 Å². The van der Waals surface area contributed by atoms with Crippen molar-refractivity contribution < 1.29 is 9.90 Å². The fourth-order valence-corrected chi connectivity index (χ4v) is 1.22. The lowest BCUT2D eigenvalue weighted by Crippen LogP contribution is -2.45. The van der Waals surface area contributed by atoms with E-state index in [1.807, 2.05) is 31.9 Å². The molecule has 17 heavy (non-hydrogen) atoms. The fraction of sp³-hybridized carbons (Fsp3) is 0.833. The van der Waals surface area contributed by atoms with Crippen molar-refractivity contribution in [2.75, 3.05) is 33.8 Å². The molecule has 0 fully saturated rings. The molecule has 0 saturated carbocycles. The van der Waals surface area contributed by atoms with Crippen LogP contribution >= 0.6 is 0 Å². The second kappa shape index (κ2) is 7.25. The maximum absolute atomic E-state index is 11.7. The predicted molar refractivity (Wildman–Crippen MR) is 66.3 cm³/mol. The molecule has 0 rings (SSSR count). The van der Waals surface area contributed by atoms with Gasteiger partial charge in [0.05, 0.1) is 19.1 Å². The fourth-order valence-electron chi connectivity index (χ4n) is 1.22. The lowest BCUT2D eigenvalue weighted by Gasteiger charge is -2.34. The van der Waals surface area contributed by atoms with E-state index in [-0.39, 0.29) is 18.1 Å². The van der Waals surface area contributed by atoms with Crippen LogP contribution in [0.1, 0.15) is 26.7 Å². The van der Waals surface area contributed by atoms with E-state index in [0.717, 1.165) is 0 Å². The summed E-state index contributed by atoms with van der Waals surface area (Å²) in [5, 5.41) is 17.6. The second-order valence-corrected chi connectivity index (χ2v) is 4.87. The molecule has 0 aliphatic heterocycles. The Balaban J connectivity index is 4.04. The van der Waals surface area contributed by atoms with Crippen molar-refractivity contribution in [1.29, 1.82) is 5.26 Å². The number of aliphatic hydroxyl groups is 1. The number of rotatable bonds is 7. The number of carbonyl (C=O) groups is 1. The minimum absolute atomic E-state index is 0.0286. The molecular weight excluding hydrogens is 218 g/mol.